The standard InChI is InChI=1S/C14H8ClN5O2/c15-10-4-9-3-8(1-2-11(9)17-6-10)7-20-18-12(5-16)13(19-20)14(21)22/h1-4,6H,7H2,(H,21,22). The smallest absolute Gasteiger partial charge is 0.359 e. The first-order chi connectivity index (χ1) is 10.6. The lowest BCUT2D eigenvalue weighted by Gasteiger charge is -2.03. The zero-order valence-electron chi connectivity index (χ0n) is 11.1. The summed E-state index contributed by atoms with van der Waals surface area (Å²) in [6.45, 7) is 0.240. The maximum absolute atomic E-state index is 11.0. The van der Waals surface area contributed by atoms with Gasteiger partial charge in [-0.3, -0.25) is 4.98 Å². The molecule has 7 nitrogen and oxygen atoms in total. The van der Waals surface area contributed by atoms with Gasteiger partial charge in [0.1, 0.15) is 6.07 Å². The van der Waals surface area contributed by atoms with Crippen molar-refractivity contribution in [2.75, 3.05) is 0 Å². The van der Waals surface area contributed by atoms with Crippen molar-refractivity contribution in [2.45, 2.75) is 6.54 Å². The number of hydrogen-bond donors (Lipinski definition) is 1. The highest BCUT2D eigenvalue weighted by Crippen LogP contribution is 2.18. The molecule has 0 atom stereocenters. The fourth-order valence-corrected chi connectivity index (χ4v) is 2.22. The second-order valence-electron chi connectivity index (χ2n) is 4.53. The Bertz CT molecular complexity index is 929. The lowest BCUT2D eigenvalue weighted by atomic mass is 10.1. The minimum absolute atomic E-state index is 0.210. The molecule has 2 aromatic heterocycles. The quantitative estimate of drug-likeness (QED) is 0.794. The van der Waals surface area contributed by atoms with E-state index in [0.29, 0.717) is 5.02 Å². The van der Waals surface area contributed by atoms with E-state index >= 15 is 0 Å². The van der Waals surface area contributed by atoms with Crippen LogP contribution in [0.15, 0.2) is 30.5 Å². The van der Waals surface area contributed by atoms with Gasteiger partial charge in [-0.2, -0.15) is 10.1 Å². The third-order valence-corrected chi connectivity index (χ3v) is 3.21. The van der Waals surface area contributed by atoms with Crippen LogP contribution in [0.25, 0.3) is 10.9 Å². The van der Waals surface area contributed by atoms with Crippen LogP contribution in [0, 0.1) is 11.3 Å². The van der Waals surface area contributed by atoms with Gasteiger partial charge in [0, 0.05) is 11.6 Å². The topological polar surface area (TPSA) is 105 Å². The molecule has 8 heteroatoms. The number of aromatic nitrogens is 4. The first kappa shape index (κ1) is 14.0. The lowest BCUT2D eigenvalue weighted by Crippen LogP contribution is -2.05. The molecule has 1 N–H and O–H groups in total. The van der Waals surface area contributed by atoms with Crippen LogP contribution in [0.4, 0.5) is 0 Å². The Morgan fingerprint density at radius 1 is 1.36 bits per heavy atom. The Morgan fingerprint density at radius 2 is 2.18 bits per heavy atom. The van der Waals surface area contributed by atoms with E-state index < -0.39 is 5.97 Å². The zero-order chi connectivity index (χ0) is 15.7. The van der Waals surface area contributed by atoms with Gasteiger partial charge in [0.05, 0.1) is 17.1 Å². The van der Waals surface area contributed by atoms with Gasteiger partial charge in [0.2, 0.25) is 5.69 Å². The Kier molecular flexibility index (Phi) is 3.45. The molecule has 2 heterocycles. The molecule has 0 bridgehead atoms. The van der Waals surface area contributed by atoms with E-state index in [1.807, 2.05) is 18.2 Å². The molecule has 0 radical (unpaired) electrons. The van der Waals surface area contributed by atoms with Gasteiger partial charge < -0.3 is 5.11 Å². The number of nitrogens with zero attached hydrogens (tertiary/aromatic N) is 5. The van der Waals surface area contributed by atoms with Crippen LogP contribution < -0.4 is 0 Å². The summed E-state index contributed by atoms with van der Waals surface area (Å²) < 4.78 is 0. The summed E-state index contributed by atoms with van der Waals surface area (Å²) in [6, 6.07) is 9.03. The highest BCUT2D eigenvalue weighted by atomic mass is 35.5. The van der Waals surface area contributed by atoms with Crippen LogP contribution >= 0.6 is 11.6 Å². The number of aromatic carboxylic acids is 1. The molecule has 22 heavy (non-hydrogen) atoms. The molecular formula is C14H8ClN5O2. The van der Waals surface area contributed by atoms with Crippen LogP contribution in [0.3, 0.4) is 0 Å². The van der Waals surface area contributed by atoms with Crippen LogP contribution in [-0.2, 0) is 6.54 Å². The SMILES string of the molecule is N#Cc1nn(Cc2ccc3ncc(Cl)cc3c2)nc1C(=O)O. The maximum Gasteiger partial charge on any atom is 0.359 e. The number of nitriles is 1. The van der Waals surface area contributed by atoms with Crippen LogP contribution in [-0.4, -0.2) is 31.1 Å². The molecule has 0 saturated heterocycles. The van der Waals surface area contributed by atoms with Gasteiger partial charge in [-0.15, -0.1) is 10.2 Å². The molecule has 0 saturated carbocycles. The summed E-state index contributed by atoms with van der Waals surface area (Å²) in [5.41, 5.74) is 1.07. The second-order valence-corrected chi connectivity index (χ2v) is 4.96. The number of rotatable bonds is 3. The highest BCUT2D eigenvalue weighted by molar-refractivity contribution is 6.31. The predicted octanol–water partition coefficient (Wildman–Crippen LogP) is 2.10. The van der Waals surface area contributed by atoms with Gasteiger partial charge in [-0.25, -0.2) is 4.79 Å². The minimum atomic E-state index is -1.28. The van der Waals surface area contributed by atoms with Gasteiger partial charge in [-0.1, -0.05) is 17.7 Å². The van der Waals surface area contributed by atoms with Crippen molar-refractivity contribution in [3.63, 3.8) is 0 Å². The minimum Gasteiger partial charge on any atom is -0.476 e. The van der Waals surface area contributed by atoms with E-state index in [0.717, 1.165) is 16.5 Å². The Balaban J connectivity index is 1.96. The third kappa shape index (κ3) is 2.60. The van der Waals surface area contributed by atoms with Gasteiger partial charge >= 0.3 is 5.97 Å². The zero-order valence-corrected chi connectivity index (χ0v) is 11.8. The van der Waals surface area contributed by atoms with Crippen molar-refractivity contribution in [2.24, 2.45) is 0 Å². The molecule has 0 amide bonds. The molecule has 0 aliphatic rings. The van der Waals surface area contributed by atoms with Crippen molar-refractivity contribution < 1.29 is 9.90 Å². The summed E-state index contributed by atoms with van der Waals surface area (Å²) >= 11 is 5.92. The Morgan fingerprint density at radius 3 is 2.86 bits per heavy atom. The molecule has 0 unspecified atom stereocenters. The Labute approximate surface area is 129 Å². The first-order valence-electron chi connectivity index (χ1n) is 6.19. The molecular weight excluding hydrogens is 306 g/mol. The van der Waals surface area contributed by atoms with Crippen molar-refractivity contribution in [3.8, 4) is 6.07 Å². The molecule has 3 rings (SSSR count). The van der Waals surface area contributed by atoms with E-state index in [1.54, 1.807) is 18.3 Å². The van der Waals surface area contributed by atoms with Crippen molar-refractivity contribution >= 4 is 28.5 Å². The van der Waals surface area contributed by atoms with Crippen molar-refractivity contribution in [1.82, 2.24) is 20.0 Å². The Hall–Kier alpha value is -2.98. The maximum atomic E-state index is 11.0. The number of carboxylic acids is 1. The van der Waals surface area contributed by atoms with E-state index in [-0.39, 0.29) is 17.9 Å². The number of carboxylic acid groups (broad SMARTS) is 1. The third-order valence-electron chi connectivity index (χ3n) is 3.00. The number of halogens is 1. The predicted molar refractivity (Wildman–Crippen MR) is 77.6 cm³/mol. The highest BCUT2D eigenvalue weighted by Gasteiger charge is 2.17. The fourth-order valence-electron chi connectivity index (χ4n) is 2.05. The summed E-state index contributed by atoms with van der Waals surface area (Å²) in [5.74, 6) is -1.28. The molecule has 108 valence electrons. The molecule has 1 aromatic carbocycles. The summed E-state index contributed by atoms with van der Waals surface area (Å²) in [7, 11) is 0. The largest absolute Gasteiger partial charge is 0.476 e. The number of fused-ring (bicyclic) bond motifs is 1. The van der Waals surface area contributed by atoms with E-state index in [1.165, 1.54) is 4.80 Å². The van der Waals surface area contributed by atoms with Crippen molar-refractivity contribution in [1.29, 1.82) is 5.26 Å². The van der Waals surface area contributed by atoms with Gasteiger partial charge in [0.15, 0.2) is 5.69 Å². The molecule has 3 aromatic rings. The molecule has 0 aliphatic heterocycles. The number of benzene rings is 1. The number of pyridine rings is 1. The van der Waals surface area contributed by atoms with E-state index in [4.69, 9.17) is 22.0 Å². The monoisotopic (exact) mass is 313 g/mol. The molecule has 0 aliphatic carbocycles. The lowest BCUT2D eigenvalue weighted by molar-refractivity contribution is 0.0689. The summed E-state index contributed by atoms with van der Waals surface area (Å²) in [4.78, 5) is 16.3. The normalized spacial score (nSPS) is 10.5. The number of carbonyl (C=O) groups is 1. The average Bonchev–Trinajstić information content (AvgIpc) is 2.90. The van der Waals surface area contributed by atoms with E-state index in [9.17, 15) is 4.79 Å². The average molecular weight is 314 g/mol. The first-order valence-corrected chi connectivity index (χ1v) is 6.57. The second kappa shape index (κ2) is 5.42. The van der Waals surface area contributed by atoms with Crippen LogP contribution in [0.5, 0.6) is 0 Å². The molecule has 0 fully saturated rings. The van der Waals surface area contributed by atoms with Crippen LogP contribution in [0.1, 0.15) is 21.7 Å². The molecule has 0 spiro atoms. The summed E-state index contributed by atoms with van der Waals surface area (Å²) in [6.07, 6.45) is 1.57. The van der Waals surface area contributed by atoms with Crippen molar-refractivity contribution in [3.05, 3.63) is 52.4 Å². The van der Waals surface area contributed by atoms with Gasteiger partial charge in [0.25, 0.3) is 0 Å². The fraction of sp³-hybridized carbons (Fsp3) is 0.0714. The van der Waals surface area contributed by atoms with E-state index in [2.05, 4.69) is 15.2 Å². The number of hydrogen-bond acceptors (Lipinski definition) is 5. The van der Waals surface area contributed by atoms with Crippen LogP contribution in [0.2, 0.25) is 5.02 Å². The van der Waals surface area contributed by atoms with Gasteiger partial charge in [-0.05, 0) is 23.8 Å². The summed E-state index contributed by atoms with van der Waals surface area (Å²) in [5, 5.41) is 26.9.